The normalized spacial score (nSPS) is 9.18. The van der Waals surface area contributed by atoms with Crippen molar-refractivity contribution in [3.63, 3.8) is 0 Å². The van der Waals surface area contributed by atoms with Crippen LogP contribution in [0.15, 0.2) is 18.2 Å². The first-order chi connectivity index (χ1) is 8.10. The number of nitrogens with one attached hydrogen (secondary N) is 1. The molecule has 1 aromatic carbocycles. The summed E-state index contributed by atoms with van der Waals surface area (Å²) < 4.78 is 4.51. The van der Waals surface area contributed by atoms with Crippen LogP contribution in [0.5, 0.6) is 0 Å². The summed E-state index contributed by atoms with van der Waals surface area (Å²) in [5, 5.41) is 11.1. The smallest absolute Gasteiger partial charge is 0.397 e. The lowest BCUT2D eigenvalue weighted by molar-refractivity contribution is -0.152. The Morgan fingerprint density at radius 3 is 2.82 bits per heavy atom. The van der Waals surface area contributed by atoms with E-state index in [0.29, 0.717) is 0 Å². The van der Waals surface area contributed by atoms with E-state index in [-0.39, 0.29) is 23.5 Å². The van der Waals surface area contributed by atoms with Crippen LogP contribution in [0.25, 0.3) is 0 Å². The highest BCUT2D eigenvalue weighted by Gasteiger charge is 2.17. The van der Waals surface area contributed by atoms with Crippen LogP contribution in [-0.2, 0) is 14.3 Å². The average molecular weight is 233 g/mol. The molecule has 88 valence electrons. The molecule has 0 saturated heterocycles. The van der Waals surface area contributed by atoms with Crippen LogP contribution < -0.4 is 11.1 Å². The number of nitrogens with zero attached hydrogens (tertiary/aromatic N) is 1. The average Bonchev–Trinajstić information content (AvgIpc) is 2.29. The molecule has 17 heavy (non-hydrogen) atoms. The van der Waals surface area contributed by atoms with Crippen LogP contribution in [0.3, 0.4) is 0 Å². The van der Waals surface area contributed by atoms with Gasteiger partial charge in [-0.3, -0.25) is 4.79 Å². The Morgan fingerprint density at radius 1 is 1.53 bits per heavy atom. The van der Waals surface area contributed by atoms with Crippen molar-refractivity contribution in [3.05, 3.63) is 23.8 Å². The molecule has 0 aliphatic carbocycles. The van der Waals surface area contributed by atoms with Crippen molar-refractivity contribution in [2.75, 3.05) is 17.7 Å². The van der Waals surface area contributed by atoms with Gasteiger partial charge in [0, 0.05) is 0 Å². The van der Waals surface area contributed by atoms with E-state index in [0.717, 1.165) is 0 Å². The molecule has 0 aliphatic heterocycles. The first kappa shape index (κ1) is 12.5. The maximum Gasteiger partial charge on any atom is 0.397 e. The summed E-state index contributed by atoms with van der Waals surface area (Å²) in [5.74, 6) is -1.94. The second-order valence-electron chi connectivity index (χ2n) is 3.06. The summed E-state index contributed by atoms with van der Waals surface area (Å²) in [7, 11) is 0. The van der Waals surface area contributed by atoms with Gasteiger partial charge in [-0.15, -0.1) is 0 Å². The van der Waals surface area contributed by atoms with Gasteiger partial charge in [-0.25, -0.2) is 4.79 Å². The van der Waals surface area contributed by atoms with E-state index in [1.807, 2.05) is 6.07 Å². The van der Waals surface area contributed by atoms with Gasteiger partial charge in [-0.2, -0.15) is 5.26 Å². The fourth-order valence-corrected chi connectivity index (χ4v) is 1.17. The van der Waals surface area contributed by atoms with Crippen molar-refractivity contribution in [1.82, 2.24) is 0 Å². The molecule has 6 nitrogen and oxygen atoms in total. The van der Waals surface area contributed by atoms with Gasteiger partial charge in [-0.1, -0.05) is 6.07 Å². The fourth-order valence-electron chi connectivity index (χ4n) is 1.17. The summed E-state index contributed by atoms with van der Waals surface area (Å²) >= 11 is 0. The van der Waals surface area contributed by atoms with Gasteiger partial charge in [0.25, 0.3) is 0 Å². The summed E-state index contributed by atoms with van der Waals surface area (Å²) in [4.78, 5) is 22.4. The minimum Gasteiger partial charge on any atom is -0.459 e. The molecule has 0 aromatic heterocycles. The lowest BCUT2D eigenvalue weighted by atomic mass is 10.1. The van der Waals surface area contributed by atoms with Gasteiger partial charge in [-0.05, 0) is 19.1 Å². The molecule has 0 heterocycles. The third kappa shape index (κ3) is 2.95. The zero-order valence-electron chi connectivity index (χ0n) is 9.19. The molecule has 0 unspecified atom stereocenters. The Balaban J connectivity index is 2.90. The van der Waals surface area contributed by atoms with Crippen molar-refractivity contribution in [2.24, 2.45) is 0 Å². The molecule has 0 saturated carbocycles. The number of rotatable bonds is 2. The van der Waals surface area contributed by atoms with Crippen LogP contribution >= 0.6 is 0 Å². The number of benzene rings is 1. The Labute approximate surface area is 98.0 Å². The molecular formula is C11H11N3O3. The Bertz CT molecular complexity index is 491. The molecule has 0 fully saturated rings. The number of esters is 1. The Hall–Kier alpha value is -2.55. The predicted molar refractivity (Wildman–Crippen MR) is 60.8 cm³/mol. The quantitative estimate of drug-likeness (QED) is 0.443. The number of carbonyl (C=O) groups excluding carboxylic acids is 2. The minimum atomic E-state index is -1.00. The van der Waals surface area contributed by atoms with E-state index >= 15 is 0 Å². The van der Waals surface area contributed by atoms with E-state index in [9.17, 15) is 9.59 Å². The molecule has 0 aliphatic rings. The number of carbonyl (C=O) groups is 2. The standard InChI is InChI=1S/C11H11N3O3/c1-2-17-11(16)10(15)14-9-5-3-4-8(13)7(9)6-12/h3-5H,2,13H2,1H3,(H,14,15). The summed E-state index contributed by atoms with van der Waals surface area (Å²) in [5.41, 5.74) is 6.08. The topological polar surface area (TPSA) is 105 Å². The number of hydrogen-bond acceptors (Lipinski definition) is 5. The summed E-state index contributed by atoms with van der Waals surface area (Å²) in [6.07, 6.45) is 0. The summed E-state index contributed by atoms with van der Waals surface area (Å²) in [6, 6.07) is 6.42. The fraction of sp³-hybridized carbons (Fsp3) is 0.182. The Kier molecular flexibility index (Phi) is 4.06. The number of nitriles is 1. The van der Waals surface area contributed by atoms with Crippen molar-refractivity contribution in [2.45, 2.75) is 6.92 Å². The highest BCUT2D eigenvalue weighted by Crippen LogP contribution is 2.20. The van der Waals surface area contributed by atoms with Crippen molar-refractivity contribution in [3.8, 4) is 6.07 Å². The highest BCUT2D eigenvalue weighted by molar-refractivity contribution is 6.37. The van der Waals surface area contributed by atoms with E-state index in [1.54, 1.807) is 13.0 Å². The first-order valence-electron chi connectivity index (χ1n) is 4.86. The lowest BCUT2D eigenvalue weighted by Gasteiger charge is -2.07. The third-order valence-corrected chi connectivity index (χ3v) is 1.92. The zero-order valence-corrected chi connectivity index (χ0v) is 9.19. The molecule has 1 aromatic rings. The van der Waals surface area contributed by atoms with Crippen molar-refractivity contribution in [1.29, 1.82) is 5.26 Å². The van der Waals surface area contributed by atoms with Gasteiger partial charge < -0.3 is 15.8 Å². The third-order valence-electron chi connectivity index (χ3n) is 1.92. The first-order valence-corrected chi connectivity index (χ1v) is 4.86. The van der Waals surface area contributed by atoms with Gasteiger partial charge in [0.05, 0.1) is 23.5 Å². The van der Waals surface area contributed by atoms with Gasteiger partial charge in [0.2, 0.25) is 0 Å². The zero-order chi connectivity index (χ0) is 12.8. The molecule has 0 radical (unpaired) electrons. The molecule has 0 atom stereocenters. The molecule has 0 bridgehead atoms. The maximum absolute atomic E-state index is 11.3. The SMILES string of the molecule is CCOC(=O)C(=O)Nc1cccc(N)c1C#N. The second kappa shape index (κ2) is 5.51. The molecule has 0 spiro atoms. The molecular weight excluding hydrogens is 222 g/mol. The molecule has 1 rings (SSSR count). The number of amides is 1. The van der Waals surface area contributed by atoms with Crippen LogP contribution in [0.2, 0.25) is 0 Å². The van der Waals surface area contributed by atoms with Crippen LogP contribution in [0.1, 0.15) is 12.5 Å². The van der Waals surface area contributed by atoms with Gasteiger partial charge >= 0.3 is 11.9 Å². The number of nitrogen functional groups attached to an aromatic ring is 1. The Morgan fingerprint density at radius 2 is 2.24 bits per heavy atom. The number of hydrogen-bond donors (Lipinski definition) is 2. The van der Waals surface area contributed by atoms with Crippen LogP contribution in [0.4, 0.5) is 11.4 Å². The van der Waals surface area contributed by atoms with E-state index < -0.39 is 11.9 Å². The van der Waals surface area contributed by atoms with Gasteiger partial charge in [0.1, 0.15) is 6.07 Å². The number of anilines is 2. The van der Waals surface area contributed by atoms with Crippen LogP contribution in [0, 0.1) is 11.3 Å². The lowest BCUT2D eigenvalue weighted by Crippen LogP contribution is -2.25. The number of nitrogens with two attached hydrogens (primary N) is 1. The predicted octanol–water partition coefficient (Wildman–Crippen LogP) is 0.642. The molecule has 6 heteroatoms. The highest BCUT2D eigenvalue weighted by atomic mass is 16.5. The van der Waals surface area contributed by atoms with Crippen molar-refractivity contribution < 1.29 is 14.3 Å². The largest absolute Gasteiger partial charge is 0.459 e. The minimum absolute atomic E-state index is 0.105. The maximum atomic E-state index is 11.3. The van der Waals surface area contributed by atoms with E-state index in [2.05, 4.69) is 10.1 Å². The van der Waals surface area contributed by atoms with E-state index in [4.69, 9.17) is 11.0 Å². The van der Waals surface area contributed by atoms with E-state index in [1.165, 1.54) is 12.1 Å². The van der Waals surface area contributed by atoms with Crippen molar-refractivity contribution >= 4 is 23.3 Å². The van der Waals surface area contributed by atoms with Crippen LogP contribution in [-0.4, -0.2) is 18.5 Å². The molecule has 1 amide bonds. The summed E-state index contributed by atoms with van der Waals surface area (Å²) in [6.45, 7) is 1.70. The van der Waals surface area contributed by atoms with Gasteiger partial charge in [0.15, 0.2) is 0 Å². The second-order valence-corrected chi connectivity index (χ2v) is 3.06. The molecule has 3 N–H and O–H groups in total. The number of ether oxygens (including phenoxy) is 1. The monoisotopic (exact) mass is 233 g/mol.